The van der Waals surface area contributed by atoms with Crippen LogP contribution in [0, 0.1) is 0 Å². The monoisotopic (exact) mass is 333 g/mol. The van der Waals surface area contributed by atoms with E-state index in [0.717, 1.165) is 37.6 Å². The molecule has 0 unspecified atom stereocenters. The number of carbonyl (C=O) groups is 2. The van der Waals surface area contributed by atoms with Crippen LogP contribution in [0.5, 0.6) is 5.75 Å². The van der Waals surface area contributed by atoms with Gasteiger partial charge in [-0.3, -0.25) is 14.5 Å². The molecule has 6 nitrogen and oxygen atoms in total. The minimum absolute atomic E-state index is 0.00141. The van der Waals surface area contributed by atoms with Crippen molar-refractivity contribution >= 4 is 17.5 Å². The molecule has 1 aliphatic rings. The first-order valence-corrected chi connectivity index (χ1v) is 8.48. The number of ether oxygens (including phenoxy) is 1. The number of hydrogen-bond donors (Lipinski definition) is 1. The minimum Gasteiger partial charge on any atom is -0.491 e. The van der Waals surface area contributed by atoms with E-state index in [1.165, 1.54) is 0 Å². The van der Waals surface area contributed by atoms with Crippen molar-refractivity contribution in [2.45, 2.75) is 33.3 Å². The second-order valence-corrected chi connectivity index (χ2v) is 6.34. The fourth-order valence-corrected chi connectivity index (χ4v) is 2.66. The summed E-state index contributed by atoms with van der Waals surface area (Å²) in [6.07, 6.45) is 0.582. The van der Waals surface area contributed by atoms with E-state index < -0.39 is 0 Å². The zero-order valence-electron chi connectivity index (χ0n) is 14.7. The van der Waals surface area contributed by atoms with Crippen LogP contribution >= 0.6 is 0 Å². The van der Waals surface area contributed by atoms with E-state index in [-0.39, 0.29) is 17.9 Å². The van der Waals surface area contributed by atoms with Crippen molar-refractivity contribution in [2.24, 2.45) is 0 Å². The maximum atomic E-state index is 12.1. The molecule has 0 spiro atoms. The van der Waals surface area contributed by atoms with E-state index in [0.29, 0.717) is 13.0 Å². The number of anilines is 1. The Kier molecular flexibility index (Phi) is 6.61. The number of nitrogens with zero attached hydrogens (tertiary/aromatic N) is 2. The molecule has 24 heavy (non-hydrogen) atoms. The molecule has 1 heterocycles. The predicted octanol–water partition coefficient (Wildman–Crippen LogP) is 1.97. The molecule has 1 saturated heterocycles. The normalized spacial score (nSPS) is 15.4. The highest BCUT2D eigenvalue weighted by molar-refractivity contribution is 5.90. The lowest BCUT2D eigenvalue weighted by Crippen LogP contribution is -2.48. The molecule has 1 aromatic rings. The maximum Gasteiger partial charge on any atom is 0.225 e. The number of nitrogens with one attached hydrogen (secondary N) is 1. The van der Waals surface area contributed by atoms with Crippen molar-refractivity contribution in [1.82, 2.24) is 9.80 Å². The van der Waals surface area contributed by atoms with Crippen LogP contribution < -0.4 is 10.1 Å². The first-order valence-electron chi connectivity index (χ1n) is 8.48. The largest absolute Gasteiger partial charge is 0.491 e. The molecule has 1 aliphatic heterocycles. The molecule has 1 N–H and O–H groups in total. The number of benzene rings is 1. The Morgan fingerprint density at radius 3 is 2.29 bits per heavy atom. The molecule has 0 aliphatic carbocycles. The van der Waals surface area contributed by atoms with Crippen LogP contribution in [0.4, 0.5) is 5.69 Å². The van der Waals surface area contributed by atoms with Gasteiger partial charge in [-0.25, -0.2) is 0 Å². The molecule has 1 fully saturated rings. The van der Waals surface area contributed by atoms with Crippen LogP contribution in [-0.2, 0) is 9.59 Å². The van der Waals surface area contributed by atoms with E-state index in [9.17, 15) is 9.59 Å². The zero-order chi connectivity index (χ0) is 17.5. The van der Waals surface area contributed by atoms with Gasteiger partial charge in [0.25, 0.3) is 0 Å². The van der Waals surface area contributed by atoms with Gasteiger partial charge in [0.1, 0.15) is 5.75 Å². The highest BCUT2D eigenvalue weighted by Crippen LogP contribution is 2.17. The lowest BCUT2D eigenvalue weighted by molar-refractivity contribution is -0.130. The molecule has 0 bridgehead atoms. The Hall–Kier alpha value is -2.08. The third-order valence-corrected chi connectivity index (χ3v) is 3.98. The number of carbonyl (C=O) groups excluding carboxylic acids is 2. The van der Waals surface area contributed by atoms with Crippen LogP contribution in [0.1, 0.15) is 27.2 Å². The van der Waals surface area contributed by atoms with E-state index >= 15 is 0 Å². The molecular formula is C18H27N3O3. The molecule has 2 rings (SSSR count). The number of piperazine rings is 1. The topological polar surface area (TPSA) is 61.9 Å². The molecule has 0 aromatic heterocycles. The van der Waals surface area contributed by atoms with Gasteiger partial charge in [-0.15, -0.1) is 0 Å². The van der Waals surface area contributed by atoms with Crippen molar-refractivity contribution in [3.05, 3.63) is 24.3 Å². The van der Waals surface area contributed by atoms with Crippen LogP contribution in [0.2, 0.25) is 0 Å². The molecule has 0 saturated carbocycles. The zero-order valence-corrected chi connectivity index (χ0v) is 14.7. The first kappa shape index (κ1) is 18.3. The summed E-state index contributed by atoms with van der Waals surface area (Å²) in [6, 6.07) is 7.41. The van der Waals surface area contributed by atoms with Gasteiger partial charge in [-0.05, 0) is 38.1 Å². The Balaban J connectivity index is 1.71. The third kappa shape index (κ3) is 5.85. The molecule has 0 atom stereocenters. The van der Waals surface area contributed by atoms with Gasteiger partial charge in [-0.1, -0.05) is 0 Å². The van der Waals surface area contributed by atoms with Crippen LogP contribution in [0.15, 0.2) is 24.3 Å². The van der Waals surface area contributed by atoms with Crippen molar-refractivity contribution in [3.8, 4) is 5.75 Å². The summed E-state index contributed by atoms with van der Waals surface area (Å²) >= 11 is 0. The van der Waals surface area contributed by atoms with Crippen molar-refractivity contribution in [2.75, 3.05) is 38.0 Å². The van der Waals surface area contributed by atoms with Crippen molar-refractivity contribution in [1.29, 1.82) is 0 Å². The summed E-state index contributed by atoms with van der Waals surface area (Å²) in [5, 5.41) is 2.90. The van der Waals surface area contributed by atoms with Crippen LogP contribution in [0.3, 0.4) is 0 Å². The summed E-state index contributed by atoms with van der Waals surface area (Å²) in [4.78, 5) is 27.4. The lowest BCUT2D eigenvalue weighted by atomic mass is 10.2. The van der Waals surface area contributed by atoms with Gasteiger partial charge in [0, 0.05) is 51.8 Å². The standard InChI is InChI=1S/C18H27N3O3/c1-14(2)24-17-6-4-16(5-7-17)19-18(23)8-9-20-10-12-21(13-11-20)15(3)22/h4-7,14H,8-13H2,1-3H3,(H,19,23). The maximum absolute atomic E-state index is 12.1. The SMILES string of the molecule is CC(=O)N1CCN(CCC(=O)Nc2ccc(OC(C)C)cc2)CC1. The summed E-state index contributed by atoms with van der Waals surface area (Å²) < 4.78 is 5.58. The predicted molar refractivity (Wildman–Crippen MR) is 94.1 cm³/mol. The van der Waals surface area contributed by atoms with E-state index in [4.69, 9.17) is 4.74 Å². The summed E-state index contributed by atoms with van der Waals surface area (Å²) in [7, 11) is 0. The third-order valence-electron chi connectivity index (χ3n) is 3.98. The van der Waals surface area contributed by atoms with Gasteiger partial charge in [-0.2, -0.15) is 0 Å². The van der Waals surface area contributed by atoms with Gasteiger partial charge in [0.05, 0.1) is 6.10 Å². The Morgan fingerprint density at radius 2 is 1.75 bits per heavy atom. The highest BCUT2D eigenvalue weighted by atomic mass is 16.5. The van der Waals surface area contributed by atoms with E-state index in [1.807, 2.05) is 43.0 Å². The van der Waals surface area contributed by atoms with Gasteiger partial charge in [0.15, 0.2) is 0 Å². The number of amides is 2. The molecular weight excluding hydrogens is 306 g/mol. The van der Waals surface area contributed by atoms with Gasteiger partial charge in [0.2, 0.25) is 11.8 Å². The quantitative estimate of drug-likeness (QED) is 0.864. The van der Waals surface area contributed by atoms with E-state index in [1.54, 1.807) is 6.92 Å². The fraction of sp³-hybridized carbons (Fsp3) is 0.556. The highest BCUT2D eigenvalue weighted by Gasteiger charge is 2.18. The molecule has 1 aromatic carbocycles. The summed E-state index contributed by atoms with van der Waals surface area (Å²) in [5.74, 6) is 0.921. The second-order valence-electron chi connectivity index (χ2n) is 6.34. The fourth-order valence-electron chi connectivity index (χ4n) is 2.66. The average molecular weight is 333 g/mol. The number of rotatable bonds is 6. The molecule has 2 amide bonds. The lowest BCUT2D eigenvalue weighted by Gasteiger charge is -2.34. The van der Waals surface area contributed by atoms with E-state index in [2.05, 4.69) is 10.2 Å². The van der Waals surface area contributed by atoms with Gasteiger partial charge >= 0.3 is 0 Å². The Bertz CT molecular complexity index is 549. The minimum atomic E-state index is 0.00141. The summed E-state index contributed by atoms with van der Waals surface area (Å²) in [5.41, 5.74) is 0.775. The van der Waals surface area contributed by atoms with Crippen LogP contribution in [0.25, 0.3) is 0 Å². The summed E-state index contributed by atoms with van der Waals surface area (Å²) in [6.45, 7) is 9.41. The van der Waals surface area contributed by atoms with Gasteiger partial charge < -0.3 is 15.0 Å². The van der Waals surface area contributed by atoms with Crippen LogP contribution in [-0.4, -0.2) is 60.4 Å². The van der Waals surface area contributed by atoms with Crippen molar-refractivity contribution in [3.63, 3.8) is 0 Å². The number of hydrogen-bond acceptors (Lipinski definition) is 4. The van der Waals surface area contributed by atoms with Crippen molar-refractivity contribution < 1.29 is 14.3 Å². The first-order chi connectivity index (χ1) is 11.4. The second kappa shape index (κ2) is 8.68. The molecule has 132 valence electrons. The molecule has 0 radical (unpaired) electrons. The average Bonchev–Trinajstić information content (AvgIpc) is 2.54. The molecule has 6 heteroatoms. The Morgan fingerprint density at radius 1 is 1.12 bits per heavy atom. The smallest absolute Gasteiger partial charge is 0.225 e. The Labute approximate surface area is 143 Å².